The molecule has 0 radical (unpaired) electrons. The first-order valence-electron chi connectivity index (χ1n) is 7.11. The van der Waals surface area contributed by atoms with Gasteiger partial charge in [0.25, 0.3) is 0 Å². The molecule has 0 aliphatic heterocycles. The lowest BCUT2D eigenvalue weighted by Gasteiger charge is -2.29. The monoisotopic (exact) mass is 265 g/mol. The van der Waals surface area contributed by atoms with E-state index in [1.54, 1.807) is 0 Å². The molecule has 1 unspecified atom stereocenters. The standard InChI is InChI=1S/C16H27NO2/c1-5-16(4,6-2)17-11-14(18)12-19-15-9-7-8-13(3)10-15/h7-10,14,17-18H,5-6,11-12H2,1-4H3. The molecule has 3 nitrogen and oxygen atoms in total. The summed E-state index contributed by atoms with van der Waals surface area (Å²) < 4.78 is 5.59. The summed E-state index contributed by atoms with van der Waals surface area (Å²) in [7, 11) is 0. The highest BCUT2D eigenvalue weighted by Crippen LogP contribution is 2.14. The molecule has 0 aliphatic carbocycles. The highest BCUT2D eigenvalue weighted by molar-refractivity contribution is 5.27. The van der Waals surface area contributed by atoms with E-state index in [0.717, 1.165) is 24.2 Å². The van der Waals surface area contributed by atoms with Crippen LogP contribution in [0.1, 0.15) is 39.2 Å². The van der Waals surface area contributed by atoms with Crippen LogP contribution in [-0.2, 0) is 0 Å². The Labute approximate surface area is 117 Å². The van der Waals surface area contributed by atoms with Crippen LogP contribution in [0.4, 0.5) is 0 Å². The molecule has 0 aliphatic rings. The molecule has 1 aromatic rings. The highest BCUT2D eigenvalue weighted by Gasteiger charge is 2.19. The maximum Gasteiger partial charge on any atom is 0.119 e. The Morgan fingerprint density at radius 2 is 2.00 bits per heavy atom. The second kappa shape index (κ2) is 7.51. The maximum absolute atomic E-state index is 9.95. The van der Waals surface area contributed by atoms with E-state index in [-0.39, 0.29) is 5.54 Å². The van der Waals surface area contributed by atoms with Crippen molar-refractivity contribution in [3.05, 3.63) is 29.8 Å². The number of aryl methyl sites for hydroxylation is 1. The molecule has 0 amide bonds. The van der Waals surface area contributed by atoms with Crippen molar-refractivity contribution in [2.24, 2.45) is 0 Å². The first-order chi connectivity index (χ1) is 8.99. The summed E-state index contributed by atoms with van der Waals surface area (Å²) >= 11 is 0. The molecule has 1 aromatic carbocycles. The van der Waals surface area contributed by atoms with E-state index in [4.69, 9.17) is 4.74 Å². The summed E-state index contributed by atoms with van der Waals surface area (Å²) in [6.45, 7) is 9.40. The van der Waals surface area contributed by atoms with E-state index < -0.39 is 6.10 Å². The maximum atomic E-state index is 9.95. The number of hydrogen-bond donors (Lipinski definition) is 2. The highest BCUT2D eigenvalue weighted by atomic mass is 16.5. The third kappa shape index (κ3) is 5.62. The number of benzene rings is 1. The van der Waals surface area contributed by atoms with Gasteiger partial charge in [0.2, 0.25) is 0 Å². The average Bonchev–Trinajstić information content (AvgIpc) is 2.42. The molecule has 1 atom stereocenters. The van der Waals surface area contributed by atoms with Gasteiger partial charge in [-0.1, -0.05) is 26.0 Å². The fourth-order valence-corrected chi connectivity index (χ4v) is 1.82. The number of aliphatic hydroxyl groups is 1. The Morgan fingerprint density at radius 3 is 2.58 bits per heavy atom. The number of rotatable bonds is 8. The van der Waals surface area contributed by atoms with Gasteiger partial charge in [-0.05, 0) is 44.4 Å². The summed E-state index contributed by atoms with van der Waals surface area (Å²) in [4.78, 5) is 0. The van der Waals surface area contributed by atoms with E-state index in [0.29, 0.717) is 13.2 Å². The molecule has 108 valence electrons. The largest absolute Gasteiger partial charge is 0.491 e. The topological polar surface area (TPSA) is 41.5 Å². The van der Waals surface area contributed by atoms with Gasteiger partial charge in [-0.15, -0.1) is 0 Å². The fraction of sp³-hybridized carbons (Fsp3) is 0.625. The molecule has 0 spiro atoms. The van der Waals surface area contributed by atoms with Crippen LogP contribution in [0.25, 0.3) is 0 Å². The zero-order valence-corrected chi connectivity index (χ0v) is 12.6. The van der Waals surface area contributed by atoms with Crippen molar-refractivity contribution in [2.45, 2.75) is 52.2 Å². The molecular weight excluding hydrogens is 238 g/mol. The lowest BCUT2D eigenvalue weighted by atomic mass is 9.95. The van der Waals surface area contributed by atoms with E-state index in [1.807, 2.05) is 31.2 Å². The minimum absolute atomic E-state index is 0.102. The molecule has 19 heavy (non-hydrogen) atoms. The van der Waals surface area contributed by atoms with Crippen molar-refractivity contribution < 1.29 is 9.84 Å². The van der Waals surface area contributed by atoms with Crippen LogP contribution in [0.2, 0.25) is 0 Å². The Balaban J connectivity index is 2.34. The lowest BCUT2D eigenvalue weighted by Crippen LogP contribution is -2.46. The van der Waals surface area contributed by atoms with Crippen LogP contribution in [0.3, 0.4) is 0 Å². The molecule has 0 bridgehead atoms. The zero-order chi connectivity index (χ0) is 14.3. The summed E-state index contributed by atoms with van der Waals surface area (Å²) in [6.07, 6.45) is 1.61. The smallest absolute Gasteiger partial charge is 0.119 e. The van der Waals surface area contributed by atoms with Gasteiger partial charge in [0.15, 0.2) is 0 Å². The number of nitrogens with one attached hydrogen (secondary N) is 1. The average molecular weight is 265 g/mol. The van der Waals surface area contributed by atoms with Crippen molar-refractivity contribution in [2.75, 3.05) is 13.2 Å². The number of ether oxygens (including phenoxy) is 1. The van der Waals surface area contributed by atoms with Gasteiger partial charge in [0.05, 0.1) is 0 Å². The van der Waals surface area contributed by atoms with Crippen molar-refractivity contribution in [1.29, 1.82) is 0 Å². The first-order valence-corrected chi connectivity index (χ1v) is 7.11. The normalized spacial score (nSPS) is 13.3. The van der Waals surface area contributed by atoms with Crippen LogP contribution in [0, 0.1) is 6.92 Å². The summed E-state index contributed by atoms with van der Waals surface area (Å²) in [6, 6.07) is 7.87. The van der Waals surface area contributed by atoms with Crippen LogP contribution < -0.4 is 10.1 Å². The van der Waals surface area contributed by atoms with E-state index in [2.05, 4.69) is 26.1 Å². The fourth-order valence-electron chi connectivity index (χ4n) is 1.82. The Kier molecular flexibility index (Phi) is 6.32. The van der Waals surface area contributed by atoms with Crippen LogP contribution in [-0.4, -0.2) is 29.9 Å². The van der Waals surface area contributed by atoms with Gasteiger partial charge in [0, 0.05) is 12.1 Å². The van der Waals surface area contributed by atoms with Crippen molar-refractivity contribution in [3.63, 3.8) is 0 Å². The minimum Gasteiger partial charge on any atom is -0.491 e. The molecule has 0 fully saturated rings. The number of aliphatic hydroxyl groups excluding tert-OH is 1. The molecule has 0 aromatic heterocycles. The van der Waals surface area contributed by atoms with Gasteiger partial charge in [-0.25, -0.2) is 0 Å². The summed E-state index contributed by atoms with van der Waals surface area (Å²) in [5.41, 5.74) is 1.26. The summed E-state index contributed by atoms with van der Waals surface area (Å²) in [5.74, 6) is 0.813. The van der Waals surface area contributed by atoms with Crippen molar-refractivity contribution >= 4 is 0 Å². The van der Waals surface area contributed by atoms with E-state index in [1.165, 1.54) is 0 Å². The molecule has 0 saturated carbocycles. The molecule has 3 heteroatoms. The quantitative estimate of drug-likeness (QED) is 0.759. The molecule has 2 N–H and O–H groups in total. The second-order valence-electron chi connectivity index (χ2n) is 5.43. The summed E-state index contributed by atoms with van der Waals surface area (Å²) in [5, 5.41) is 13.4. The van der Waals surface area contributed by atoms with Gasteiger partial charge in [-0.3, -0.25) is 0 Å². The molecule has 0 heterocycles. The zero-order valence-electron chi connectivity index (χ0n) is 12.6. The Bertz CT molecular complexity index is 375. The molecular formula is C16H27NO2. The van der Waals surface area contributed by atoms with Gasteiger partial charge in [-0.2, -0.15) is 0 Å². The third-order valence-corrected chi connectivity index (χ3v) is 3.76. The lowest BCUT2D eigenvalue weighted by molar-refractivity contribution is 0.0966. The third-order valence-electron chi connectivity index (χ3n) is 3.76. The van der Waals surface area contributed by atoms with Gasteiger partial charge < -0.3 is 15.2 Å². The van der Waals surface area contributed by atoms with Crippen LogP contribution >= 0.6 is 0 Å². The van der Waals surface area contributed by atoms with E-state index in [9.17, 15) is 5.11 Å². The van der Waals surface area contributed by atoms with Crippen LogP contribution in [0.15, 0.2) is 24.3 Å². The second-order valence-corrected chi connectivity index (χ2v) is 5.43. The molecule has 1 rings (SSSR count). The predicted octanol–water partition coefficient (Wildman–Crippen LogP) is 2.90. The van der Waals surface area contributed by atoms with E-state index >= 15 is 0 Å². The SMILES string of the molecule is CCC(C)(CC)NCC(O)COc1cccc(C)c1. The van der Waals surface area contributed by atoms with Crippen LogP contribution in [0.5, 0.6) is 5.75 Å². The van der Waals surface area contributed by atoms with Gasteiger partial charge >= 0.3 is 0 Å². The molecule has 0 saturated heterocycles. The Morgan fingerprint density at radius 1 is 1.32 bits per heavy atom. The number of hydrogen-bond acceptors (Lipinski definition) is 3. The van der Waals surface area contributed by atoms with Gasteiger partial charge in [0.1, 0.15) is 18.5 Å². The minimum atomic E-state index is -0.488. The predicted molar refractivity (Wildman–Crippen MR) is 79.7 cm³/mol. The van der Waals surface area contributed by atoms with Crippen molar-refractivity contribution in [3.8, 4) is 5.75 Å². The number of β-amino-alcohol motifs (C(OH)–C–C–N with tert-alkyl or cyclic N) is 1. The van der Waals surface area contributed by atoms with Crippen molar-refractivity contribution in [1.82, 2.24) is 5.32 Å². The first kappa shape index (κ1) is 16.0. The Hall–Kier alpha value is -1.06.